The monoisotopic (exact) mass is 387 g/mol. The molecule has 0 spiro atoms. The molecule has 1 N–H and O–H groups in total. The minimum atomic E-state index is -0.185. The Morgan fingerprint density at radius 1 is 1.11 bits per heavy atom. The van der Waals surface area contributed by atoms with Crippen LogP contribution in [0.3, 0.4) is 0 Å². The molecule has 0 radical (unpaired) electrons. The van der Waals surface area contributed by atoms with E-state index in [1.54, 1.807) is 5.57 Å². The van der Waals surface area contributed by atoms with Crippen molar-refractivity contribution < 1.29 is 4.79 Å². The fraction of sp³-hybridized carbons (Fsp3) is 0.885. The Labute approximate surface area is 174 Å². The lowest BCUT2D eigenvalue weighted by Gasteiger charge is -2.58. The summed E-state index contributed by atoms with van der Waals surface area (Å²) in [6, 6.07) is 0. The van der Waals surface area contributed by atoms with Crippen LogP contribution in [-0.4, -0.2) is 12.5 Å². The van der Waals surface area contributed by atoms with Crippen LogP contribution in [0.4, 0.5) is 0 Å². The second kappa shape index (κ2) is 8.52. The molecule has 3 aliphatic carbocycles. The van der Waals surface area contributed by atoms with Crippen molar-refractivity contribution in [3.63, 3.8) is 0 Å². The van der Waals surface area contributed by atoms with E-state index >= 15 is 0 Å². The maximum Gasteiger partial charge on any atom is 0.226 e. The van der Waals surface area contributed by atoms with Gasteiger partial charge in [-0.1, -0.05) is 78.4 Å². The number of amides is 1. The molecule has 1 amide bonds. The van der Waals surface area contributed by atoms with Crippen LogP contribution in [0.15, 0.2) is 11.6 Å². The third kappa shape index (κ3) is 3.94. The van der Waals surface area contributed by atoms with Gasteiger partial charge < -0.3 is 5.32 Å². The van der Waals surface area contributed by atoms with Gasteiger partial charge in [-0.3, -0.25) is 4.79 Å². The maximum absolute atomic E-state index is 13.3. The van der Waals surface area contributed by atoms with E-state index in [9.17, 15) is 4.79 Å². The van der Waals surface area contributed by atoms with Crippen LogP contribution >= 0.6 is 0 Å². The second-order valence-corrected chi connectivity index (χ2v) is 11.1. The molecular weight excluding hydrogens is 342 g/mol. The van der Waals surface area contributed by atoms with Crippen molar-refractivity contribution in [1.29, 1.82) is 0 Å². The Hall–Kier alpha value is -0.790. The molecule has 0 aromatic rings. The van der Waals surface area contributed by atoms with Gasteiger partial charge in [0.1, 0.15) is 0 Å². The number of nitrogens with one attached hydrogen (secondary N) is 1. The number of rotatable bonds is 7. The van der Waals surface area contributed by atoms with E-state index < -0.39 is 0 Å². The Kier molecular flexibility index (Phi) is 6.67. The fourth-order valence-electron chi connectivity index (χ4n) is 7.01. The number of allylic oxidation sites excluding steroid dienone is 2. The molecule has 0 aliphatic heterocycles. The smallest absolute Gasteiger partial charge is 0.226 e. The Morgan fingerprint density at radius 2 is 1.89 bits per heavy atom. The summed E-state index contributed by atoms with van der Waals surface area (Å²) in [5.74, 6) is 1.62. The van der Waals surface area contributed by atoms with Crippen molar-refractivity contribution >= 4 is 5.91 Å². The average molecular weight is 388 g/mol. The highest BCUT2D eigenvalue weighted by atomic mass is 16.2. The summed E-state index contributed by atoms with van der Waals surface area (Å²) in [7, 11) is 0. The minimum absolute atomic E-state index is 0.185. The SMILES string of the molecule is CCCCCCNC(=O)[C@]1(C)CCC[C@@]2(C)C3=CC[C@](C)(CC)CC3CCC12. The van der Waals surface area contributed by atoms with Crippen LogP contribution in [-0.2, 0) is 4.79 Å². The van der Waals surface area contributed by atoms with Crippen molar-refractivity contribution in [3.05, 3.63) is 11.6 Å². The van der Waals surface area contributed by atoms with Gasteiger partial charge in [-0.15, -0.1) is 0 Å². The predicted octanol–water partition coefficient (Wildman–Crippen LogP) is 7.04. The first-order valence-electron chi connectivity index (χ1n) is 12.3. The van der Waals surface area contributed by atoms with Crippen LogP contribution in [0, 0.1) is 28.1 Å². The molecule has 2 saturated carbocycles. The van der Waals surface area contributed by atoms with Crippen molar-refractivity contribution in [1.82, 2.24) is 5.32 Å². The summed E-state index contributed by atoms with van der Waals surface area (Å²) >= 11 is 0. The Bertz CT molecular complexity index is 595. The van der Waals surface area contributed by atoms with Gasteiger partial charge >= 0.3 is 0 Å². The lowest BCUT2D eigenvalue weighted by atomic mass is 9.46. The zero-order valence-corrected chi connectivity index (χ0v) is 19.3. The molecule has 28 heavy (non-hydrogen) atoms. The Balaban J connectivity index is 1.74. The molecule has 3 rings (SSSR count). The average Bonchev–Trinajstić information content (AvgIpc) is 2.67. The molecule has 5 atom stereocenters. The summed E-state index contributed by atoms with van der Waals surface area (Å²) < 4.78 is 0. The zero-order valence-electron chi connectivity index (χ0n) is 19.3. The lowest BCUT2D eigenvalue weighted by Crippen LogP contribution is -2.55. The third-order valence-electron chi connectivity index (χ3n) is 9.08. The van der Waals surface area contributed by atoms with Crippen molar-refractivity contribution in [2.75, 3.05) is 6.54 Å². The molecule has 0 heterocycles. The number of unbranched alkanes of at least 4 members (excludes halogenated alkanes) is 3. The molecule has 2 fully saturated rings. The molecule has 160 valence electrons. The molecule has 2 nitrogen and oxygen atoms in total. The zero-order chi connectivity index (χ0) is 20.4. The van der Waals surface area contributed by atoms with Gasteiger partial charge in [-0.25, -0.2) is 0 Å². The van der Waals surface area contributed by atoms with E-state index in [4.69, 9.17) is 0 Å². The lowest BCUT2D eigenvalue weighted by molar-refractivity contribution is -0.142. The molecule has 0 saturated heterocycles. The van der Waals surface area contributed by atoms with Gasteiger partial charge in [0, 0.05) is 12.0 Å². The fourth-order valence-corrected chi connectivity index (χ4v) is 7.01. The number of carbonyl (C=O) groups excluding carboxylic acids is 1. The van der Waals surface area contributed by atoms with Gasteiger partial charge in [0.25, 0.3) is 0 Å². The summed E-state index contributed by atoms with van der Waals surface area (Å²) in [5, 5.41) is 3.34. The summed E-state index contributed by atoms with van der Waals surface area (Å²) in [4.78, 5) is 13.3. The van der Waals surface area contributed by atoms with Gasteiger partial charge in [0.05, 0.1) is 0 Å². The van der Waals surface area contributed by atoms with E-state index in [0.29, 0.717) is 17.2 Å². The highest BCUT2D eigenvalue weighted by Crippen LogP contribution is 2.63. The minimum Gasteiger partial charge on any atom is -0.356 e. The first-order chi connectivity index (χ1) is 13.3. The first kappa shape index (κ1) is 21.9. The van der Waals surface area contributed by atoms with Crippen LogP contribution in [0.1, 0.15) is 112 Å². The topological polar surface area (TPSA) is 29.1 Å². The van der Waals surface area contributed by atoms with E-state index in [1.807, 2.05) is 0 Å². The molecular formula is C26H45NO. The van der Waals surface area contributed by atoms with Crippen LogP contribution < -0.4 is 5.32 Å². The largest absolute Gasteiger partial charge is 0.356 e. The Morgan fingerprint density at radius 3 is 2.61 bits per heavy atom. The van der Waals surface area contributed by atoms with Gasteiger partial charge in [-0.05, 0) is 67.6 Å². The van der Waals surface area contributed by atoms with Crippen LogP contribution in [0.2, 0.25) is 0 Å². The summed E-state index contributed by atoms with van der Waals surface area (Å²) in [6.45, 7) is 12.7. The van der Waals surface area contributed by atoms with Crippen molar-refractivity contribution in [2.45, 2.75) is 112 Å². The number of fused-ring (bicyclic) bond motifs is 3. The maximum atomic E-state index is 13.3. The second-order valence-electron chi connectivity index (χ2n) is 11.1. The summed E-state index contributed by atoms with van der Waals surface area (Å²) in [5.41, 5.74) is 2.28. The molecule has 2 heteroatoms. The van der Waals surface area contributed by atoms with E-state index in [1.165, 1.54) is 64.2 Å². The summed E-state index contributed by atoms with van der Waals surface area (Å²) in [6.07, 6.45) is 17.5. The predicted molar refractivity (Wildman–Crippen MR) is 119 cm³/mol. The van der Waals surface area contributed by atoms with Crippen molar-refractivity contribution in [2.24, 2.45) is 28.1 Å². The van der Waals surface area contributed by atoms with Gasteiger partial charge in [0.15, 0.2) is 0 Å². The van der Waals surface area contributed by atoms with Crippen molar-refractivity contribution in [3.8, 4) is 0 Å². The van der Waals surface area contributed by atoms with E-state index in [0.717, 1.165) is 25.3 Å². The third-order valence-corrected chi connectivity index (χ3v) is 9.08. The molecule has 2 unspecified atom stereocenters. The molecule has 0 aromatic heterocycles. The quantitative estimate of drug-likeness (QED) is 0.368. The number of hydrogen-bond acceptors (Lipinski definition) is 1. The highest BCUT2D eigenvalue weighted by Gasteiger charge is 2.57. The van der Waals surface area contributed by atoms with E-state index in [-0.39, 0.29) is 10.8 Å². The normalized spacial score (nSPS) is 40.2. The number of carbonyl (C=O) groups is 1. The van der Waals surface area contributed by atoms with Crippen LogP contribution in [0.5, 0.6) is 0 Å². The first-order valence-corrected chi connectivity index (χ1v) is 12.3. The molecule has 0 aromatic carbocycles. The highest BCUT2D eigenvalue weighted by molar-refractivity contribution is 5.83. The van der Waals surface area contributed by atoms with Gasteiger partial charge in [-0.2, -0.15) is 0 Å². The number of hydrogen-bond donors (Lipinski definition) is 1. The van der Waals surface area contributed by atoms with Crippen LogP contribution in [0.25, 0.3) is 0 Å². The standard InChI is InChI=1S/C26H45NO/c1-6-8-9-10-18-27-23(28)26(5)16-11-15-25(4)21-14-17-24(3,7-2)19-20(21)12-13-22(25)26/h14,20,22H,6-13,15-19H2,1-5H3,(H,27,28)/t20?,22?,24-,25-,26+/m0/s1. The van der Waals surface area contributed by atoms with E-state index in [2.05, 4.69) is 46.0 Å². The molecule has 0 bridgehead atoms. The molecule has 3 aliphatic rings. The van der Waals surface area contributed by atoms with Gasteiger partial charge in [0.2, 0.25) is 5.91 Å².